The van der Waals surface area contributed by atoms with Crippen LogP contribution in [0.3, 0.4) is 0 Å². The van der Waals surface area contributed by atoms with Gasteiger partial charge in [0.05, 0.1) is 19.1 Å². The Balaban J connectivity index is 2.70. The van der Waals surface area contributed by atoms with Gasteiger partial charge in [-0.25, -0.2) is 9.18 Å². The third kappa shape index (κ3) is 4.59. The minimum Gasteiger partial charge on any atom is -0.469 e. The van der Waals surface area contributed by atoms with Crippen molar-refractivity contribution in [1.82, 2.24) is 10.2 Å². The van der Waals surface area contributed by atoms with Crippen molar-refractivity contribution in [3.63, 3.8) is 0 Å². The van der Waals surface area contributed by atoms with E-state index in [9.17, 15) is 14.0 Å². The predicted molar refractivity (Wildman–Crippen MR) is 82.2 cm³/mol. The first-order valence-electron chi connectivity index (χ1n) is 6.81. The molecule has 22 heavy (non-hydrogen) atoms. The zero-order valence-electron chi connectivity index (χ0n) is 13.0. The summed E-state index contributed by atoms with van der Waals surface area (Å²) in [5.74, 6) is -1.33. The molecule has 1 rings (SSSR count). The molecule has 0 heterocycles. The van der Waals surface area contributed by atoms with Crippen molar-refractivity contribution in [2.45, 2.75) is 19.9 Å². The maximum absolute atomic E-state index is 13.8. The van der Waals surface area contributed by atoms with Gasteiger partial charge in [0.2, 0.25) is 0 Å². The predicted octanol–water partition coefficient (Wildman–Crippen LogP) is 2.99. The van der Waals surface area contributed by atoms with Gasteiger partial charge in [0.15, 0.2) is 0 Å². The fraction of sp³-hybridized carbons (Fsp3) is 0.467. The Kier molecular flexibility index (Phi) is 6.61. The van der Waals surface area contributed by atoms with E-state index in [1.54, 1.807) is 27.0 Å². The lowest BCUT2D eigenvalue weighted by molar-refractivity contribution is -0.145. The van der Waals surface area contributed by atoms with Gasteiger partial charge in [-0.1, -0.05) is 24.6 Å². The fourth-order valence-electron chi connectivity index (χ4n) is 2.06. The molecule has 0 aliphatic carbocycles. The number of nitrogens with zero attached hydrogens (tertiary/aromatic N) is 1. The number of urea groups is 1. The lowest BCUT2D eigenvalue weighted by Crippen LogP contribution is -2.42. The van der Waals surface area contributed by atoms with Crippen molar-refractivity contribution >= 4 is 23.6 Å². The summed E-state index contributed by atoms with van der Waals surface area (Å²) >= 11 is 5.97. The van der Waals surface area contributed by atoms with Crippen molar-refractivity contribution in [2.75, 3.05) is 20.7 Å². The van der Waals surface area contributed by atoms with Gasteiger partial charge in [-0.15, -0.1) is 0 Å². The van der Waals surface area contributed by atoms with Gasteiger partial charge in [0, 0.05) is 24.2 Å². The van der Waals surface area contributed by atoms with Crippen LogP contribution in [0.25, 0.3) is 0 Å². The Morgan fingerprint density at radius 3 is 2.59 bits per heavy atom. The summed E-state index contributed by atoms with van der Waals surface area (Å²) < 4.78 is 18.4. The van der Waals surface area contributed by atoms with Crippen molar-refractivity contribution in [2.24, 2.45) is 5.92 Å². The second-order valence-corrected chi connectivity index (χ2v) is 5.52. The zero-order chi connectivity index (χ0) is 16.9. The lowest BCUT2D eigenvalue weighted by Gasteiger charge is -2.24. The monoisotopic (exact) mass is 330 g/mol. The Labute approximate surface area is 134 Å². The summed E-state index contributed by atoms with van der Waals surface area (Å²) in [5, 5.41) is 2.90. The van der Waals surface area contributed by atoms with Crippen LogP contribution in [0.2, 0.25) is 5.02 Å². The van der Waals surface area contributed by atoms with E-state index >= 15 is 0 Å². The van der Waals surface area contributed by atoms with E-state index < -0.39 is 29.8 Å². The average molecular weight is 331 g/mol. The van der Waals surface area contributed by atoms with Crippen LogP contribution >= 0.6 is 11.6 Å². The molecule has 0 aliphatic rings. The number of benzene rings is 1. The van der Waals surface area contributed by atoms with Gasteiger partial charge in [0.25, 0.3) is 0 Å². The molecule has 0 fully saturated rings. The molecule has 0 unspecified atom stereocenters. The topological polar surface area (TPSA) is 58.6 Å². The molecule has 0 aliphatic heterocycles. The Bertz CT molecular complexity index is 533. The summed E-state index contributed by atoms with van der Waals surface area (Å²) in [6.45, 7) is 3.49. The molecule has 0 aromatic heterocycles. The first-order chi connectivity index (χ1) is 10.3. The van der Waals surface area contributed by atoms with Crippen LogP contribution in [-0.2, 0) is 9.53 Å². The Morgan fingerprint density at radius 2 is 2.05 bits per heavy atom. The minimum atomic E-state index is -0.600. The van der Waals surface area contributed by atoms with Crippen molar-refractivity contribution in [1.29, 1.82) is 0 Å². The highest BCUT2D eigenvalue weighted by molar-refractivity contribution is 6.31. The van der Waals surface area contributed by atoms with Crippen molar-refractivity contribution < 1.29 is 18.7 Å². The summed E-state index contributed by atoms with van der Waals surface area (Å²) in [4.78, 5) is 24.8. The van der Waals surface area contributed by atoms with Crippen LogP contribution in [0.15, 0.2) is 18.2 Å². The maximum Gasteiger partial charge on any atom is 0.317 e. The molecule has 7 heteroatoms. The number of esters is 1. The van der Waals surface area contributed by atoms with E-state index in [0.29, 0.717) is 0 Å². The van der Waals surface area contributed by atoms with Crippen LogP contribution in [0.4, 0.5) is 9.18 Å². The third-order valence-electron chi connectivity index (χ3n) is 3.27. The van der Waals surface area contributed by atoms with E-state index in [-0.39, 0.29) is 17.1 Å². The molecule has 2 atom stereocenters. The average Bonchev–Trinajstić information content (AvgIpc) is 2.45. The number of amides is 2. The molecule has 5 nitrogen and oxygen atoms in total. The largest absolute Gasteiger partial charge is 0.469 e. The highest BCUT2D eigenvalue weighted by atomic mass is 35.5. The fourth-order valence-corrected chi connectivity index (χ4v) is 2.39. The molecule has 0 saturated heterocycles. The first-order valence-corrected chi connectivity index (χ1v) is 7.19. The molecule has 0 spiro atoms. The van der Waals surface area contributed by atoms with E-state index in [1.165, 1.54) is 24.1 Å². The van der Waals surface area contributed by atoms with E-state index in [4.69, 9.17) is 11.6 Å². The summed E-state index contributed by atoms with van der Waals surface area (Å²) in [6, 6.07) is 3.32. The second kappa shape index (κ2) is 7.98. The number of carbonyl (C=O) groups is 2. The van der Waals surface area contributed by atoms with Crippen LogP contribution in [0.1, 0.15) is 25.5 Å². The van der Waals surface area contributed by atoms with Crippen molar-refractivity contribution in [3.8, 4) is 0 Å². The van der Waals surface area contributed by atoms with Crippen LogP contribution in [-0.4, -0.2) is 37.6 Å². The van der Waals surface area contributed by atoms with Gasteiger partial charge in [-0.3, -0.25) is 4.79 Å². The highest BCUT2D eigenvalue weighted by Gasteiger charge is 2.22. The lowest BCUT2D eigenvalue weighted by atomic mass is 10.1. The number of hydrogen-bond acceptors (Lipinski definition) is 3. The Morgan fingerprint density at radius 1 is 1.41 bits per heavy atom. The molecule has 122 valence electrons. The van der Waals surface area contributed by atoms with Gasteiger partial charge >= 0.3 is 12.0 Å². The molecular formula is C15H20ClFN2O3. The number of nitrogens with one attached hydrogen (secondary N) is 1. The van der Waals surface area contributed by atoms with Gasteiger partial charge < -0.3 is 15.0 Å². The number of ether oxygens (including phenoxy) is 1. The molecule has 1 aromatic rings. The molecular weight excluding hydrogens is 311 g/mol. The first kappa shape index (κ1) is 18.2. The second-order valence-electron chi connectivity index (χ2n) is 5.11. The highest BCUT2D eigenvalue weighted by Crippen LogP contribution is 2.25. The van der Waals surface area contributed by atoms with Gasteiger partial charge in [-0.05, 0) is 19.1 Å². The molecule has 0 saturated carbocycles. The van der Waals surface area contributed by atoms with Crippen LogP contribution in [0, 0.1) is 11.7 Å². The van der Waals surface area contributed by atoms with Crippen molar-refractivity contribution in [3.05, 3.63) is 34.6 Å². The zero-order valence-corrected chi connectivity index (χ0v) is 13.8. The number of halogens is 2. The molecule has 1 aromatic carbocycles. The number of carbonyl (C=O) groups excluding carboxylic acids is 2. The quantitative estimate of drug-likeness (QED) is 0.844. The maximum atomic E-state index is 13.8. The molecule has 1 N–H and O–H groups in total. The van der Waals surface area contributed by atoms with Gasteiger partial charge in [-0.2, -0.15) is 0 Å². The Hall–Kier alpha value is -1.82. The number of hydrogen-bond donors (Lipinski definition) is 1. The summed E-state index contributed by atoms with van der Waals surface area (Å²) in [7, 11) is 2.84. The van der Waals surface area contributed by atoms with Gasteiger partial charge in [0.1, 0.15) is 5.82 Å². The summed E-state index contributed by atoms with van der Waals surface area (Å²) in [6.07, 6.45) is 0. The number of rotatable bonds is 5. The normalized spacial score (nSPS) is 13.2. The third-order valence-corrected chi connectivity index (χ3v) is 3.60. The van der Waals surface area contributed by atoms with Crippen LogP contribution < -0.4 is 5.32 Å². The number of methoxy groups -OCH3 is 1. The van der Waals surface area contributed by atoms with Crippen LogP contribution in [0.5, 0.6) is 0 Å². The molecule has 2 amide bonds. The smallest absolute Gasteiger partial charge is 0.317 e. The molecule has 0 radical (unpaired) electrons. The molecule has 0 bridgehead atoms. The SMILES string of the molecule is COC(=O)[C@@H](C)CN(C)C(=O)N[C@H](C)c1c(F)cccc1Cl. The van der Waals surface area contributed by atoms with E-state index in [0.717, 1.165) is 0 Å². The minimum absolute atomic E-state index is 0.191. The standard InChI is InChI=1S/C15H20ClFN2O3/c1-9(14(20)22-4)8-19(3)15(21)18-10(2)13-11(16)6-5-7-12(13)17/h5-7,9-10H,8H2,1-4H3,(H,18,21)/t9-,10+/m0/s1. The summed E-state index contributed by atoms with van der Waals surface area (Å²) in [5.41, 5.74) is 0.229. The van der Waals surface area contributed by atoms with E-state index in [1.807, 2.05) is 0 Å². The van der Waals surface area contributed by atoms with E-state index in [2.05, 4.69) is 10.1 Å².